The van der Waals surface area contributed by atoms with Gasteiger partial charge in [-0.25, -0.2) is 0 Å². The Morgan fingerprint density at radius 1 is 0.272 bits per heavy atom. The Hall–Kier alpha value is -11.4. The van der Waals surface area contributed by atoms with Crippen LogP contribution in [-0.2, 0) is 88.6 Å². The zero-order valence-corrected chi connectivity index (χ0v) is 77.9. The van der Waals surface area contributed by atoms with Crippen molar-refractivity contribution in [1.29, 1.82) is 0 Å². The minimum atomic E-state index is -5.89. The summed E-state index contributed by atoms with van der Waals surface area (Å²) in [6.07, 6.45) is -35.1. The number of halogens is 18. The van der Waals surface area contributed by atoms with Gasteiger partial charge >= 0.3 is 37.1 Å². The molecule has 4 unspecified atom stereocenters. The highest BCUT2D eigenvalue weighted by Gasteiger charge is 2.75. The lowest BCUT2D eigenvalue weighted by Gasteiger charge is -2.39. The van der Waals surface area contributed by atoms with Crippen LogP contribution in [0.15, 0.2) is 208 Å². The van der Waals surface area contributed by atoms with Gasteiger partial charge in [0.15, 0.2) is 25.2 Å². The number of aryl methyl sites for hydroxylation is 6. The molecule has 136 heavy (non-hydrogen) atoms. The summed E-state index contributed by atoms with van der Waals surface area (Å²) in [6.45, 7) is 32.5. The summed E-state index contributed by atoms with van der Waals surface area (Å²) in [6, 6.07) is 38.0. The van der Waals surface area contributed by atoms with Crippen molar-refractivity contribution >= 4 is 0 Å². The largest absolute Gasteiger partial charge is 0.508 e. The number of ether oxygens (including phenoxy) is 14. The number of hydrogen-bond donors (Lipinski definition) is 2. The second kappa shape index (κ2) is 49.1. The summed E-state index contributed by atoms with van der Waals surface area (Å²) >= 11 is 0. The molecule has 9 rings (SSSR count). The van der Waals surface area contributed by atoms with E-state index in [1.807, 2.05) is 24.3 Å². The van der Waals surface area contributed by atoms with E-state index in [9.17, 15) is 36.6 Å². The molecule has 0 aliphatic heterocycles. The average molecular weight is 1940 g/mol. The van der Waals surface area contributed by atoms with Gasteiger partial charge < -0.3 is 76.5 Å². The smallest absolute Gasteiger partial charge is 0.411 e. The molecular weight excluding hydrogens is 1820 g/mol. The van der Waals surface area contributed by atoms with E-state index >= 15 is 52.7 Å². The number of rotatable bonds is 46. The molecule has 16 nitrogen and oxygen atoms in total. The van der Waals surface area contributed by atoms with E-state index in [0.29, 0.717) is 84.4 Å². The number of benzene rings is 9. The molecule has 0 bridgehead atoms. The molecule has 2 N–H and O–H groups in total. The first-order valence-electron chi connectivity index (χ1n) is 44.0. The molecule has 0 aliphatic carbocycles. The summed E-state index contributed by atoms with van der Waals surface area (Å²) in [5, 5.41) is 19.8. The van der Waals surface area contributed by atoms with Gasteiger partial charge in [-0.1, -0.05) is 166 Å². The second-order valence-electron chi connectivity index (χ2n) is 31.3. The molecule has 4 atom stereocenters. The van der Waals surface area contributed by atoms with Crippen molar-refractivity contribution in [3.8, 4) is 57.5 Å². The molecule has 0 radical (unpaired) electrons. The van der Waals surface area contributed by atoms with E-state index in [-0.39, 0.29) is 119 Å². The molecule has 748 valence electrons. The van der Waals surface area contributed by atoms with Gasteiger partial charge in [0.05, 0.1) is 25.7 Å². The SMILES string of the molecule is C=COCCOc1ccc(C(C)(C)c2ccc(OCCOC=C)cc2)cc1.CCOC(C)Oc1cc(C(c2ccc(CC)c(OC(C)OCCOc3ccc(OCCOC(C)Oc4cc(C(c5ccc(CC)c(OC(C)OCC)c5)(C(F)(F)F)C(F)(F)F)ccc4CC)cc3)c2)(C(F)(F)F)C(F)(F)F)ccc1CC.CCc1ccc(C(c2ccc(CC)c(O)c2)(C(F)(F)F)C(F)(F)F)cc1O.[2HH]. The Bertz CT molecular complexity index is 4890. The maximum Gasteiger partial charge on any atom is 0.411 e. The van der Waals surface area contributed by atoms with Crippen molar-refractivity contribution in [3.05, 3.63) is 286 Å². The lowest BCUT2D eigenvalue weighted by atomic mass is 9.72. The first-order valence-corrected chi connectivity index (χ1v) is 44.0. The van der Waals surface area contributed by atoms with Crippen molar-refractivity contribution in [3.63, 3.8) is 0 Å². The summed E-state index contributed by atoms with van der Waals surface area (Å²) in [4.78, 5) is 0. The number of phenolic OH excluding ortho intramolecular Hbond substituents is 2. The molecule has 0 spiro atoms. The van der Waals surface area contributed by atoms with Crippen LogP contribution < -0.4 is 37.9 Å². The first-order chi connectivity index (χ1) is 64.0. The van der Waals surface area contributed by atoms with Gasteiger partial charge in [0, 0.05) is 20.1 Å². The molecule has 9 aromatic carbocycles. The molecule has 0 saturated carbocycles. The molecule has 0 aliphatic rings. The number of phenols is 2. The Balaban J connectivity index is 0.000000420. The Kier molecular flexibility index (Phi) is 40.3. The number of aromatic hydroxyl groups is 2. The van der Waals surface area contributed by atoms with Crippen molar-refractivity contribution in [2.45, 2.75) is 219 Å². The van der Waals surface area contributed by atoms with Crippen molar-refractivity contribution in [1.82, 2.24) is 0 Å². The van der Waals surface area contributed by atoms with Crippen molar-refractivity contribution < 1.29 is 157 Å². The average Bonchev–Trinajstić information content (AvgIpc) is 0.720. The van der Waals surface area contributed by atoms with Crippen LogP contribution in [0.5, 0.6) is 57.5 Å². The highest BCUT2D eigenvalue weighted by atomic mass is 19.4. The van der Waals surface area contributed by atoms with Gasteiger partial charge in [-0.15, -0.1) is 0 Å². The molecule has 0 fully saturated rings. The zero-order valence-electron chi connectivity index (χ0n) is 77.9. The second-order valence-corrected chi connectivity index (χ2v) is 31.3. The highest BCUT2D eigenvalue weighted by molar-refractivity contribution is 5.56. The van der Waals surface area contributed by atoms with E-state index in [1.165, 1.54) is 63.5 Å². The summed E-state index contributed by atoms with van der Waals surface area (Å²) in [5.74, 6) is 0.220. The number of alkyl halides is 18. The molecule has 0 amide bonds. The van der Waals surface area contributed by atoms with Crippen LogP contribution in [0.1, 0.15) is 176 Å². The van der Waals surface area contributed by atoms with Crippen molar-refractivity contribution in [2.75, 3.05) is 66.1 Å². The molecular formula is C102H118F18O16. The van der Waals surface area contributed by atoms with Crippen LogP contribution in [0, 0.1) is 0 Å². The fraction of sp³-hybridized carbons (Fsp3) is 0.431. The van der Waals surface area contributed by atoms with Gasteiger partial charge in [0.25, 0.3) is 0 Å². The summed E-state index contributed by atoms with van der Waals surface area (Å²) < 4.78 is 346. The minimum absolute atomic E-state index is 0. The van der Waals surface area contributed by atoms with Crippen LogP contribution >= 0.6 is 0 Å². The quantitative estimate of drug-likeness (QED) is 0.0160. The standard InChI is InChI=1S/C60H70F12O10.C23H28O4.C19H18F6O2.H2/c1-11-41-17-21-45(33-51(41)79-37(7)73-15-5)55(57(61,62)63,58(64,65)66)47-23-19-43(13-3)53(35-47)81-39(9)75-29-31-77-49-25-27-50(28-26-49)78-32-30-76-40(10)82-54-36-48(24-20-44(54)14-4)56(59(67,68)69,60(70,71)72)46-22-18-42(12-2)52(34-46)80-38(8)74-16-6;1-5-24-15-17-26-21-11-7-19(8-12-21)23(3,4)20-9-13-22(14-10-20)27-18-16-25-6-2;1-3-11-5-7-13(9-15(11)26)17(18(20,21)22,19(23,24)25)14-8-6-12(4-2)16(27)10-14;/h17-28,33-40H,11-16,29-32H2,1-10H3;5-14H,1-2,15-18H2,3-4H3;5-10,26-27H,3-4H2,1-2H3;1H/i;;;1+1. The van der Waals surface area contributed by atoms with Crippen LogP contribution in [0.25, 0.3) is 0 Å². The van der Waals surface area contributed by atoms with Gasteiger partial charge in [0.1, 0.15) is 97.1 Å². The van der Waals surface area contributed by atoms with Crippen LogP contribution in [0.2, 0.25) is 0 Å². The van der Waals surface area contributed by atoms with E-state index < -0.39 is 123 Å². The van der Waals surface area contributed by atoms with E-state index in [2.05, 4.69) is 51.3 Å². The molecule has 0 heterocycles. The Labute approximate surface area is 782 Å². The lowest BCUT2D eigenvalue weighted by molar-refractivity contribution is -0.290. The maximum atomic E-state index is 15.3. The van der Waals surface area contributed by atoms with E-state index in [1.54, 1.807) is 79.7 Å². The fourth-order valence-corrected chi connectivity index (χ4v) is 15.3. The molecule has 0 saturated heterocycles. The predicted octanol–water partition coefficient (Wildman–Crippen LogP) is 26.9. The summed E-state index contributed by atoms with van der Waals surface area (Å²) in [7, 11) is 0. The van der Waals surface area contributed by atoms with Gasteiger partial charge in [-0.2, -0.15) is 79.0 Å². The third kappa shape index (κ3) is 27.1. The first kappa shape index (κ1) is 112. The highest BCUT2D eigenvalue weighted by Crippen LogP contribution is 2.61. The minimum Gasteiger partial charge on any atom is -0.508 e. The fourth-order valence-electron chi connectivity index (χ4n) is 15.3. The molecule has 0 aromatic heterocycles. The lowest BCUT2D eigenvalue weighted by Crippen LogP contribution is -2.54. The zero-order chi connectivity index (χ0) is 101. The van der Waals surface area contributed by atoms with E-state index in [0.717, 1.165) is 84.3 Å². The molecule has 9 aromatic rings. The summed E-state index contributed by atoms with van der Waals surface area (Å²) in [5.41, 5.74) is -16.1. The topological polar surface area (TPSA) is 170 Å². The van der Waals surface area contributed by atoms with Crippen molar-refractivity contribution in [2.24, 2.45) is 0 Å². The Morgan fingerprint density at radius 2 is 0.471 bits per heavy atom. The van der Waals surface area contributed by atoms with Gasteiger partial charge in [0.2, 0.25) is 16.2 Å². The van der Waals surface area contributed by atoms with Crippen LogP contribution in [0.4, 0.5) is 79.0 Å². The maximum absolute atomic E-state index is 15.3. The van der Waals surface area contributed by atoms with Crippen LogP contribution in [-0.4, -0.2) is 138 Å². The number of hydrogen-bond acceptors (Lipinski definition) is 16. The van der Waals surface area contributed by atoms with Gasteiger partial charge in [-0.3, -0.25) is 0 Å². The Morgan fingerprint density at radius 3 is 0.676 bits per heavy atom. The monoisotopic (exact) mass is 1940 g/mol. The predicted molar refractivity (Wildman–Crippen MR) is 480 cm³/mol. The van der Waals surface area contributed by atoms with Crippen LogP contribution in [0.3, 0.4) is 0 Å². The normalized spacial score (nSPS) is 13.3. The van der Waals surface area contributed by atoms with Gasteiger partial charge in [-0.05, 0) is 243 Å². The van der Waals surface area contributed by atoms with E-state index in [4.69, 9.17) is 66.3 Å². The third-order valence-electron chi connectivity index (χ3n) is 22.4. The third-order valence-corrected chi connectivity index (χ3v) is 22.4. The molecule has 34 heteroatoms.